The van der Waals surface area contributed by atoms with Crippen LogP contribution in [-0.4, -0.2) is 115 Å². The smallest absolute Gasteiger partial charge is 0.187 e. The molecule has 11 heteroatoms. The maximum Gasteiger partial charge on any atom is 0.187 e. The summed E-state index contributed by atoms with van der Waals surface area (Å²) in [6, 6.07) is 0. The van der Waals surface area contributed by atoms with E-state index in [9.17, 15) is 30.6 Å². The van der Waals surface area contributed by atoms with Gasteiger partial charge in [0.05, 0.1) is 13.2 Å². The van der Waals surface area contributed by atoms with Gasteiger partial charge in [0.25, 0.3) is 0 Å². The van der Waals surface area contributed by atoms with Crippen LogP contribution < -0.4 is 0 Å². The molecule has 2 rings (SSSR count). The molecule has 2 saturated heterocycles. The van der Waals surface area contributed by atoms with E-state index in [4.69, 9.17) is 24.4 Å². The predicted octanol–water partition coefficient (Wildman–Crippen LogP) is -5.40. The molecule has 0 spiro atoms. The Morgan fingerprint density at radius 3 is 1.78 bits per heavy atom. The Labute approximate surface area is 130 Å². The number of aliphatic hydroxyl groups is 8. The van der Waals surface area contributed by atoms with Crippen LogP contribution in [0.15, 0.2) is 0 Å². The summed E-state index contributed by atoms with van der Waals surface area (Å²) >= 11 is 0. The second-order valence-corrected chi connectivity index (χ2v) is 5.53. The number of hydrogen-bond acceptors (Lipinski definition) is 11. The Morgan fingerprint density at radius 1 is 0.652 bits per heavy atom. The van der Waals surface area contributed by atoms with Crippen molar-refractivity contribution in [2.45, 2.75) is 61.4 Å². The lowest BCUT2D eigenvalue weighted by molar-refractivity contribution is -0.355. The van der Waals surface area contributed by atoms with Crippen LogP contribution >= 0.6 is 0 Å². The first kappa shape index (κ1) is 18.9. The topological polar surface area (TPSA) is 190 Å². The average molecular weight is 342 g/mol. The molecule has 0 unspecified atom stereocenters. The van der Waals surface area contributed by atoms with Crippen LogP contribution in [0.25, 0.3) is 0 Å². The Hall–Kier alpha value is -0.440. The van der Waals surface area contributed by atoms with Gasteiger partial charge in [0, 0.05) is 0 Å². The normalized spacial score (nSPS) is 51.7. The Kier molecular flexibility index (Phi) is 6.27. The van der Waals surface area contributed by atoms with Gasteiger partial charge in [-0.25, -0.2) is 0 Å². The molecule has 2 aliphatic rings. The van der Waals surface area contributed by atoms with Crippen molar-refractivity contribution in [3.63, 3.8) is 0 Å². The van der Waals surface area contributed by atoms with E-state index in [0.29, 0.717) is 0 Å². The minimum atomic E-state index is -1.76. The molecule has 2 aliphatic heterocycles. The van der Waals surface area contributed by atoms with Gasteiger partial charge >= 0.3 is 0 Å². The maximum atomic E-state index is 10.00. The standard InChI is InChI=1S/C12H22O11/c13-1-3-5(15)7(17)8(18)12(22-3)23-10-6(16)4(2-14)21-11(20)9(10)19/h3-20H,1-2H2/t3-,4+,5+,6+,7-,8-,9+,10-,11+,12+/m1/s1. The highest BCUT2D eigenvalue weighted by atomic mass is 16.7. The number of hydrogen-bond donors (Lipinski definition) is 8. The minimum Gasteiger partial charge on any atom is -0.394 e. The molecule has 11 nitrogen and oxygen atoms in total. The molecule has 0 amide bonds. The van der Waals surface area contributed by atoms with Crippen molar-refractivity contribution >= 4 is 0 Å². The Balaban J connectivity index is 2.11. The van der Waals surface area contributed by atoms with Crippen molar-refractivity contribution in [2.24, 2.45) is 0 Å². The molecule has 0 bridgehead atoms. The predicted molar refractivity (Wildman–Crippen MR) is 68.6 cm³/mol. The van der Waals surface area contributed by atoms with Gasteiger partial charge in [0.2, 0.25) is 0 Å². The third-order valence-electron chi connectivity index (χ3n) is 3.98. The highest BCUT2D eigenvalue weighted by Crippen LogP contribution is 2.28. The van der Waals surface area contributed by atoms with Crippen LogP contribution in [-0.2, 0) is 14.2 Å². The monoisotopic (exact) mass is 342 g/mol. The highest BCUT2D eigenvalue weighted by molar-refractivity contribution is 4.93. The van der Waals surface area contributed by atoms with Crippen LogP contribution in [0.3, 0.4) is 0 Å². The largest absolute Gasteiger partial charge is 0.394 e. The lowest BCUT2D eigenvalue weighted by Gasteiger charge is -2.45. The molecule has 0 saturated carbocycles. The summed E-state index contributed by atoms with van der Waals surface area (Å²) < 4.78 is 15.1. The molecule has 2 fully saturated rings. The van der Waals surface area contributed by atoms with Gasteiger partial charge in [-0.3, -0.25) is 0 Å². The zero-order valence-corrected chi connectivity index (χ0v) is 12.0. The van der Waals surface area contributed by atoms with Crippen molar-refractivity contribution in [3.05, 3.63) is 0 Å². The molecule has 0 radical (unpaired) electrons. The zero-order chi connectivity index (χ0) is 17.3. The van der Waals surface area contributed by atoms with E-state index < -0.39 is 74.6 Å². The zero-order valence-electron chi connectivity index (χ0n) is 12.0. The van der Waals surface area contributed by atoms with Crippen molar-refractivity contribution in [3.8, 4) is 0 Å². The minimum absolute atomic E-state index is 0.667. The molecular weight excluding hydrogens is 320 g/mol. The molecule has 2 heterocycles. The molecule has 0 aromatic carbocycles. The average Bonchev–Trinajstić information content (AvgIpc) is 2.54. The van der Waals surface area contributed by atoms with Crippen molar-refractivity contribution in [2.75, 3.05) is 13.2 Å². The van der Waals surface area contributed by atoms with E-state index in [1.54, 1.807) is 0 Å². The van der Waals surface area contributed by atoms with Gasteiger partial charge in [-0.05, 0) is 0 Å². The van der Waals surface area contributed by atoms with Crippen LogP contribution in [0.2, 0.25) is 0 Å². The number of rotatable bonds is 4. The van der Waals surface area contributed by atoms with E-state index in [0.717, 1.165) is 0 Å². The Bertz CT molecular complexity index is 380. The summed E-state index contributed by atoms with van der Waals surface area (Å²) in [6.07, 6.45) is -15.7. The van der Waals surface area contributed by atoms with Crippen LogP contribution in [0.1, 0.15) is 0 Å². The third kappa shape index (κ3) is 3.65. The first-order chi connectivity index (χ1) is 10.8. The van der Waals surface area contributed by atoms with E-state index in [1.807, 2.05) is 0 Å². The molecule has 10 atom stereocenters. The van der Waals surface area contributed by atoms with Gasteiger partial charge in [-0.2, -0.15) is 0 Å². The molecule has 8 N–H and O–H groups in total. The molecular formula is C12H22O11. The fourth-order valence-electron chi connectivity index (χ4n) is 2.56. The second-order valence-electron chi connectivity index (χ2n) is 5.53. The Morgan fingerprint density at radius 2 is 1.22 bits per heavy atom. The summed E-state index contributed by atoms with van der Waals surface area (Å²) in [4.78, 5) is 0. The van der Waals surface area contributed by atoms with Gasteiger partial charge in [0.1, 0.15) is 48.8 Å². The number of aliphatic hydroxyl groups excluding tert-OH is 8. The number of ether oxygens (including phenoxy) is 3. The summed E-state index contributed by atoms with van der Waals surface area (Å²) in [7, 11) is 0. The van der Waals surface area contributed by atoms with Crippen LogP contribution in [0.4, 0.5) is 0 Å². The van der Waals surface area contributed by atoms with Crippen molar-refractivity contribution in [1.82, 2.24) is 0 Å². The van der Waals surface area contributed by atoms with Gasteiger partial charge in [-0.1, -0.05) is 0 Å². The van der Waals surface area contributed by atoms with E-state index in [2.05, 4.69) is 0 Å². The fraction of sp³-hybridized carbons (Fsp3) is 1.00. The summed E-state index contributed by atoms with van der Waals surface area (Å²) in [5, 5.41) is 76.8. The van der Waals surface area contributed by atoms with Crippen LogP contribution in [0, 0.1) is 0 Å². The summed E-state index contributed by atoms with van der Waals surface area (Å²) in [6.45, 7) is -1.34. The van der Waals surface area contributed by atoms with Crippen LogP contribution in [0.5, 0.6) is 0 Å². The van der Waals surface area contributed by atoms with Gasteiger partial charge in [-0.15, -0.1) is 0 Å². The molecule has 136 valence electrons. The molecule has 0 aromatic heterocycles. The third-order valence-corrected chi connectivity index (χ3v) is 3.98. The maximum absolute atomic E-state index is 10.00. The van der Waals surface area contributed by atoms with E-state index in [1.165, 1.54) is 0 Å². The first-order valence-corrected chi connectivity index (χ1v) is 7.08. The van der Waals surface area contributed by atoms with Gasteiger partial charge in [0.15, 0.2) is 12.6 Å². The lowest BCUT2D eigenvalue weighted by Crippen LogP contribution is -2.64. The summed E-state index contributed by atoms with van der Waals surface area (Å²) in [5.74, 6) is 0. The molecule has 23 heavy (non-hydrogen) atoms. The first-order valence-electron chi connectivity index (χ1n) is 7.08. The molecule has 0 aliphatic carbocycles. The van der Waals surface area contributed by atoms with E-state index >= 15 is 0 Å². The van der Waals surface area contributed by atoms with E-state index in [-0.39, 0.29) is 0 Å². The quantitative estimate of drug-likeness (QED) is 0.243. The fourth-order valence-corrected chi connectivity index (χ4v) is 2.56. The molecule has 0 aromatic rings. The lowest BCUT2D eigenvalue weighted by atomic mass is 9.97. The van der Waals surface area contributed by atoms with Crippen molar-refractivity contribution < 1.29 is 55.1 Å². The SMILES string of the molecule is OC[C@@H]1O[C@H](O)[C@@H](O)[C@H](O[C@@H]2O[C@H](CO)[C@H](O)[C@@H](O)[C@H]2O)[C@H]1O. The van der Waals surface area contributed by atoms with Crippen molar-refractivity contribution in [1.29, 1.82) is 0 Å². The van der Waals surface area contributed by atoms with Gasteiger partial charge < -0.3 is 55.1 Å². The highest BCUT2D eigenvalue weighted by Gasteiger charge is 2.50. The second kappa shape index (κ2) is 7.63. The summed E-state index contributed by atoms with van der Waals surface area (Å²) in [5.41, 5.74) is 0.